The second-order valence-electron chi connectivity index (χ2n) is 5.89. The SMILES string of the molecule is CCC(C)NC(=O)CCNC(=O)CSc1nc2ccccc2n1CC. The van der Waals surface area contributed by atoms with E-state index < -0.39 is 0 Å². The molecule has 2 aromatic rings. The minimum Gasteiger partial charge on any atom is -0.355 e. The van der Waals surface area contributed by atoms with Crippen LogP contribution in [-0.4, -0.2) is 39.7 Å². The van der Waals surface area contributed by atoms with E-state index in [0.717, 1.165) is 29.2 Å². The van der Waals surface area contributed by atoms with E-state index in [-0.39, 0.29) is 23.6 Å². The van der Waals surface area contributed by atoms with Crippen molar-refractivity contribution in [2.24, 2.45) is 0 Å². The fraction of sp³-hybridized carbons (Fsp3) is 0.500. The highest BCUT2D eigenvalue weighted by atomic mass is 32.2. The van der Waals surface area contributed by atoms with Gasteiger partial charge in [-0.05, 0) is 32.4 Å². The Balaban J connectivity index is 1.79. The second kappa shape index (κ2) is 9.46. The number of nitrogens with one attached hydrogen (secondary N) is 2. The number of aromatic nitrogens is 2. The standard InChI is InChI=1S/C18H26N4O2S/c1-4-13(3)20-16(23)10-11-19-17(24)12-25-18-21-14-8-6-7-9-15(14)22(18)5-2/h6-9,13H,4-5,10-12H2,1-3H3,(H,19,24)(H,20,23). The average Bonchev–Trinajstić information content (AvgIpc) is 2.97. The van der Waals surface area contributed by atoms with E-state index in [1.807, 2.05) is 38.1 Å². The maximum absolute atomic E-state index is 12.0. The molecule has 0 saturated heterocycles. The molecule has 0 spiro atoms. The fourth-order valence-electron chi connectivity index (χ4n) is 2.41. The van der Waals surface area contributed by atoms with Crippen LogP contribution in [0.25, 0.3) is 11.0 Å². The molecule has 1 aromatic carbocycles. The number of aryl methyl sites for hydroxylation is 1. The van der Waals surface area contributed by atoms with Crippen LogP contribution in [0, 0.1) is 0 Å². The van der Waals surface area contributed by atoms with Gasteiger partial charge in [0.1, 0.15) is 0 Å². The number of carbonyl (C=O) groups is 2. The minimum atomic E-state index is -0.0870. The van der Waals surface area contributed by atoms with Crippen LogP contribution in [0.4, 0.5) is 0 Å². The number of hydrogen-bond donors (Lipinski definition) is 2. The number of imidazole rings is 1. The minimum absolute atomic E-state index is 0.0323. The lowest BCUT2D eigenvalue weighted by Gasteiger charge is -2.11. The molecule has 0 aliphatic rings. The molecule has 0 radical (unpaired) electrons. The summed E-state index contributed by atoms with van der Waals surface area (Å²) in [4.78, 5) is 28.3. The predicted octanol–water partition coefficient (Wildman–Crippen LogP) is 2.57. The number of rotatable bonds is 9. The third kappa shape index (κ3) is 5.49. The van der Waals surface area contributed by atoms with Gasteiger partial charge in [-0.1, -0.05) is 30.8 Å². The molecule has 1 aromatic heterocycles. The van der Waals surface area contributed by atoms with Gasteiger partial charge in [0.25, 0.3) is 0 Å². The Labute approximate surface area is 152 Å². The summed E-state index contributed by atoms with van der Waals surface area (Å²) in [7, 11) is 0. The Morgan fingerprint density at radius 3 is 2.72 bits per heavy atom. The van der Waals surface area contributed by atoms with E-state index in [0.29, 0.717) is 13.0 Å². The van der Waals surface area contributed by atoms with Gasteiger partial charge in [-0.3, -0.25) is 9.59 Å². The van der Waals surface area contributed by atoms with Crippen LogP contribution in [-0.2, 0) is 16.1 Å². The number of hydrogen-bond acceptors (Lipinski definition) is 4. The van der Waals surface area contributed by atoms with E-state index in [1.165, 1.54) is 11.8 Å². The van der Waals surface area contributed by atoms with Gasteiger partial charge in [-0.2, -0.15) is 0 Å². The lowest BCUT2D eigenvalue weighted by molar-refractivity contribution is -0.122. The van der Waals surface area contributed by atoms with Crippen LogP contribution in [0.3, 0.4) is 0 Å². The van der Waals surface area contributed by atoms with Crippen molar-refractivity contribution in [1.29, 1.82) is 0 Å². The molecule has 0 aliphatic carbocycles. The summed E-state index contributed by atoms with van der Waals surface area (Å²) in [5, 5.41) is 6.51. The summed E-state index contributed by atoms with van der Waals surface area (Å²) in [6.07, 6.45) is 1.20. The van der Waals surface area contributed by atoms with Crippen molar-refractivity contribution in [1.82, 2.24) is 20.2 Å². The lowest BCUT2D eigenvalue weighted by atomic mass is 10.2. The van der Waals surface area contributed by atoms with Gasteiger partial charge < -0.3 is 15.2 Å². The van der Waals surface area contributed by atoms with Gasteiger partial charge in [0.05, 0.1) is 16.8 Å². The summed E-state index contributed by atoms with van der Waals surface area (Å²) in [6, 6.07) is 8.12. The van der Waals surface area contributed by atoms with Crippen molar-refractivity contribution >= 4 is 34.6 Å². The molecule has 6 nitrogen and oxygen atoms in total. The number of amides is 2. The highest BCUT2D eigenvalue weighted by Crippen LogP contribution is 2.23. The Morgan fingerprint density at radius 2 is 2.00 bits per heavy atom. The van der Waals surface area contributed by atoms with Gasteiger partial charge in [0.15, 0.2) is 5.16 Å². The van der Waals surface area contributed by atoms with Crippen LogP contribution in [0.1, 0.15) is 33.6 Å². The van der Waals surface area contributed by atoms with E-state index in [2.05, 4.69) is 27.1 Å². The van der Waals surface area contributed by atoms with E-state index in [9.17, 15) is 9.59 Å². The van der Waals surface area contributed by atoms with Crippen LogP contribution < -0.4 is 10.6 Å². The highest BCUT2D eigenvalue weighted by molar-refractivity contribution is 7.99. The second-order valence-corrected chi connectivity index (χ2v) is 6.84. The number of nitrogens with zero attached hydrogens (tertiary/aromatic N) is 2. The third-order valence-corrected chi connectivity index (χ3v) is 4.94. The number of thioether (sulfide) groups is 1. The molecule has 0 fully saturated rings. The number of para-hydroxylation sites is 2. The normalized spacial score (nSPS) is 12.1. The van der Waals surface area contributed by atoms with Crippen molar-refractivity contribution in [3.63, 3.8) is 0 Å². The molecule has 7 heteroatoms. The molecule has 1 unspecified atom stereocenters. The summed E-state index contributed by atoms with van der Waals surface area (Å²) in [5.41, 5.74) is 2.02. The molecule has 0 aliphatic heterocycles. The maximum Gasteiger partial charge on any atom is 0.230 e. The van der Waals surface area contributed by atoms with Crippen molar-refractivity contribution in [2.75, 3.05) is 12.3 Å². The van der Waals surface area contributed by atoms with E-state index in [4.69, 9.17) is 0 Å². The first-order valence-electron chi connectivity index (χ1n) is 8.69. The van der Waals surface area contributed by atoms with Crippen LogP contribution in [0.2, 0.25) is 0 Å². The van der Waals surface area contributed by atoms with Crippen molar-refractivity contribution < 1.29 is 9.59 Å². The topological polar surface area (TPSA) is 76.0 Å². The molecule has 0 bridgehead atoms. The molecule has 1 heterocycles. The first kappa shape index (κ1) is 19.3. The first-order chi connectivity index (χ1) is 12.0. The zero-order chi connectivity index (χ0) is 18.2. The molecule has 136 valence electrons. The molecule has 2 N–H and O–H groups in total. The Morgan fingerprint density at radius 1 is 1.24 bits per heavy atom. The lowest BCUT2D eigenvalue weighted by Crippen LogP contribution is -2.35. The van der Waals surface area contributed by atoms with E-state index >= 15 is 0 Å². The first-order valence-corrected chi connectivity index (χ1v) is 9.67. The molecule has 0 saturated carbocycles. The number of fused-ring (bicyclic) bond motifs is 1. The van der Waals surface area contributed by atoms with Crippen LogP contribution in [0.5, 0.6) is 0 Å². The quantitative estimate of drug-likeness (QED) is 0.672. The maximum atomic E-state index is 12.0. The summed E-state index contributed by atoms with van der Waals surface area (Å²) < 4.78 is 2.10. The fourth-order valence-corrected chi connectivity index (χ4v) is 3.32. The summed E-state index contributed by atoms with van der Waals surface area (Å²) >= 11 is 1.42. The molecule has 2 amide bonds. The smallest absolute Gasteiger partial charge is 0.230 e. The Kier molecular flexibility index (Phi) is 7.31. The van der Waals surface area contributed by atoms with Crippen LogP contribution in [0.15, 0.2) is 29.4 Å². The number of benzene rings is 1. The van der Waals surface area contributed by atoms with Gasteiger partial charge in [-0.15, -0.1) is 0 Å². The number of carbonyl (C=O) groups excluding carboxylic acids is 2. The summed E-state index contributed by atoms with van der Waals surface area (Å²) in [5.74, 6) is 0.169. The third-order valence-electron chi connectivity index (χ3n) is 3.96. The van der Waals surface area contributed by atoms with Gasteiger partial charge in [-0.25, -0.2) is 4.98 Å². The highest BCUT2D eigenvalue weighted by Gasteiger charge is 2.12. The zero-order valence-corrected chi connectivity index (χ0v) is 15.9. The monoisotopic (exact) mass is 362 g/mol. The summed E-state index contributed by atoms with van der Waals surface area (Å²) in [6.45, 7) is 7.21. The van der Waals surface area contributed by atoms with Crippen molar-refractivity contribution in [3.8, 4) is 0 Å². The molecule has 1 atom stereocenters. The van der Waals surface area contributed by atoms with Crippen molar-refractivity contribution in [3.05, 3.63) is 24.3 Å². The van der Waals surface area contributed by atoms with Gasteiger partial charge >= 0.3 is 0 Å². The van der Waals surface area contributed by atoms with Gasteiger partial charge in [0, 0.05) is 25.6 Å². The average molecular weight is 362 g/mol. The van der Waals surface area contributed by atoms with E-state index in [1.54, 1.807) is 0 Å². The van der Waals surface area contributed by atoms with Gasteiger partial charge in [0.2, 0.25) is 11.8 Å². The Hall–Kier alpha value is -2.02. The van der Waals surface area contributed by atoms with Crippen LogP contribution >= 0.6 is 11.8 Å². The molecular weight excluding hydrogens is 336 g/mol. The molecule has 2 rings (SSSR count). The largest absolute Gasteiger partial charge is 0.355 e. The Bertz CT molecular complexity index is 729. The zero-order valence-electron chi connectivity index (χ0n) is 15.0. The molecular formula is C18H26N4O2S. The molecule has 25 heavy (non-hydrogen) atoms. The predicted molar refractivity (Wildman–Crippen MR) is 102 cm³/mol. The van der Waals surface area contributed by atoms with Crippen molar-refractivity contribution in [2.45, 2.75) is 51.4 Å².